The van der Waals surface area contributed by atoms with E-state index in [4.69, 9.17) is 0 Å². The van der Waals surface area contributed by atoms with Crippen molar-refractivity contribution in [2.45, 2.75) is 32.2 Å². The second-order valence-electron chi connectivity index (χ2n) is 4.12. The van der Waals surface area contributed by atoms with Gasteiger partial charge in [0.15, 0.2) is 0 Å². The molecular formula is C14H19NO3. The second kappa shape index (κ2) is 6.79. The van der Waals surface area contributed by atoms with E-state index in [0.717, 1.165) is 5.56 Å². The number of carbonyl (C=O) groups excluding carboxylic acids is 2. The van der Waals surface area contributed by atoms with Crippen molar-refractivity contribution in [1.29, 1.82) is 0 Å². The molecule has 0 spiro atoms. The fraction of sp³-hybridized carbons (Fsp3) is 0.429. The van der Waals surface area contributed by atoms with Gasteiger partial charge in [-0.3, -0.25) is 4.79 Å². The van der Waals surface area contributed by atoms with Crippen LogP contribution in [0.1, 0.15) is 31.7 Å². The molecule has 2 unspecified atom stereocenters. The second-order valence-corrected chi connectivity index (χ2v) is 4.12. The molecule has 0 bridgehead atoms. The van der Waals surface area contributed by atoms with Gasteiger partial charge in [-0.05, 0) is 18.9 Å². The van der Waals surface area contributed by atoms with Gasteiger partial charge in [0.2, 0.25) is 5.91 Å². The molecule has 18 heavy (non-hydrogen) atoms. The average molecular weight is 249 g/mol. The Morgan fingerprint density at radius 3 is 2.39 bits per heavy atom. The van der Waals surface area contributed by atoms with E-state index in [9.17, 15) is 9.59 Å². The number of hydrogen-bond acceptors (Lipinski definition) is 3. The van der Waals surface area contributed by atoms with Crippen molar-refractivity contribution in [2.75, 3.05) is 7.11 Å². The molecule has 1 aromatic rings. The Morgan fingerprint density at radius 2 is 1.89 bits per heavy atom. The molecule has 1 amide bonds. The number of carbonyl (C=O) groups is 2. The molecular weight excluding hydrogens is 230 g/mol. The Morgan fingerprint density at radius 1 is 1.28 bits per heavy atom. The molecule has 0 saturated carbocycles. The van der Waals surface area contributed by atoms with Crippen LogP contribution in [0.25, 0.3) is 0 Å². The number of benzene rings is 1. The lowest BCUT2D eigenvalue weighted by Crippen LogP contribution is -2.41. The van der Waals surface area contributed by atoms with E-state index in [0.29, 0.717) is 6.42 Å². The van der Waals surface area contributed by atoms with Crippen molar-refractivity contribution in [3.05, 3.63) is 35.9 Å². The summed E-state index contributed by atoms with van der Waals surface area (Å²) in [6.07, 6.45) is 0.684. The average Bonchev–Trinajstić information content (AvgIpc) is 2.39. The molecule has 1 rings (SSSR count). The van der Waals surface area contributed by atoms with Crippen LogP contribution in [-0.2, 0) is 14.3 Å². The summed E-state index contributed by atoms with van der Waals surface area (Å²) in [5.74, 6) is -0.828. The molecule has 0 heterocycles. The summed E-state index contributed by atoms with van der Waals surface area (Å²) in [4.78, 5) is 23.3. The molecule has 4 nitrogen and oxygen atoms in total. The van der Waals surface area contributed by atoms with Crippen molar-refractivity contribution in [3.8, 4) is 0 Å². The van der Waals surface area contributed by atoms with Crippen molar-refractivity contribution in [2.24, 2.45) is 0 Å². The van der Waals surface area contributed by atoms with Crippen molar-refractivity contribution in [1.82, 2.24) is 5.32 Å². The molecule has 0 aliphatic carbocycles. The first kappa shape index (κ1) is 14.2. The van der Waals surface area contributed by atoms with Gasteiger partial charge in [0, 0.05) is 0 Å². The summed E-state index contributed by atoms with van der Waals surface area (Å²) in [7, 11) is 1.31. The van der Waals surface area contributed by atoms with Crippen LogP contribution in [-0.4, -0.2) is 25.0 Å². The quantitative estimate of drug-likeness (QED) is 0.810. The first-order valence-electron chi connectivity index (χ1n) is 6.03. The number of esters is 1. The van der Waals surface area contributed by atoms with Crippen LogP contribution in [0, 0.1) is 0 Å². The van der Waals surface area contributed by atoms with Gasteiger partial charge in [-0.25, -0.2) is 4.79 Å². The van der Waals surface area contributed by atoms with Gasteiger partial charge < -0.3 is 10.1 Å². The fourth-order valence-corrected chi connectivity index (χ4v) is 1.81. The molecule has 1 aromatic carbocycles. The lowest BCUT2D eigenvalue weighted by Gasteiger charge is -2.18. The number of methoxy groups -OCH3 is 1. The highest BCUT2D eigenvalue weighted by Crippen LogP contribution is 2.19. The van der Waals surface area contributed by atoms with E-state index >= 15 is 0 Å². The minimum atomic E-state index is -0.625. The molecule has 0 aromatic heterocycles. The maximum atomic E-state index is 12.1. The molecule has 0 aliphatic heterocycles. The lowest BCUT2D eigenvalue weighted by atomic mass is 9.95. The summed E-state index contributed by atoms with van der Waals surface area (Å²) in [6, 6.07) is 8.91. The van der Waals surface area contributed by atoms with Crippen LogP contribution in [0.4, 0.5) is 0 Å². The van der Waals surface area contributed by atoms with Crippen molar-refractivity contribution < 1.29 is 14.3 Å². The summed E-state index contributed by atoms with van der Waals surface area (Å²) >= 11 is 0. The van der Waals surface area contributed by atoms with E-state index < -0.39 is 12.0 Å². The summed E-state index contributed by atoms with van der Waals surface area (Å²) in [5.41, 5.74) is 0.953. The van der Waals surface area contributed by atoms with E-state index in [1.54, 1.807) is 6.92 Å². The Balaban J connectivity index is 2.72. The Bertz CT molecular complexity index is 403. The van der Waals surface area contributed by atoms with E-state index in [-0.39, 0.29) is 11.8 Å². The molecule has 0 saturated heterocycles. The standard InChI is InChI=1S/C14H19NO3/c1-4-12(11-8-6-5-7-9-11)13(16)15-10(2)14(17)18-3/h5-10,12H,4H2,1-3H3,(H,15,16). The Kier molecular flexibility index (Phi) is 5.36. The first-order valence-corrected chi connectivity index (χ1v) is 6.03. The molecule has 1 N–H and O–H groups in total. The zero-order valence-electron chi connectivity index (χ0n) is 11.0. The van der Waals surface area contributed by atoms with Crippen LogP contribution in [0.3, 0.4) is 0 Å². The van der Waals surface area contributed by atoms with E-state index in [1.165, 1.54) is 7.11 Å². The third kappa shape index (κ3) is 3.58. The number of hydrogen-bond donors (Lipinski definition) is 1. The fourth-order valence-electron chi connectivity index (χ4n) is 1.81. The Labute approximate surface area is 107 Å². The lowest BCUT2D eigenvalue weighted by molar-refractivity contribution is -0.144. The highest BCUT2D eigenvalue weighted by molar-refractivity contribution is 5.88. The van der Waals surface area contributed by atoms with Crippen LogP contribution >= 0.6 is 0 Å². The molecule has 4 heteroatoms. The van der Waals surface area contributed by atoms with Gasteiger partial charge >= 0.3 is 5.97 Å². The normalized spacial score (nSPS) is 13.5. The predicted molar refractivity (Wildman–Crippen MR) is 69.1 cm³/mol. The number of ether oxygens (including phenoxy) is 1. The number of nitrogens with one attached hydrogen (secondary N) is 1. The molecule has 2 atom stereocenters. The topological polar surface area (TPSA) is 55.4 Å². The van der Waals surface area contributed by atoms with Crippen LogP contribution in [0.2, 0.25) is 0 Å². The Hall–Kier alpha value is -1.84. The summed E-state index contributed by atoms with van der Waals surface area (Å²) < 4.78 is 4.58. The maximum absolute atomic E-state index is 12.1. The predicted octanol–water partition coefficient (Wildman–Crippen LogP) is 1.86. The SMILES string of the molecule is CCC(C(=O)NC(C)C(=O)OC)c1ccccc1. The molecule has 98 valence electrons. The van der Waals surface area contributed by atoms with Gasteiger partial charge in [0.1, 0.15) is 6.04 Å². The van der Waals surface area contributed by atoms with Gasteiger partial charge in [-0.1, -0.05) is 37.3 Å². The van der Waals surface area contributed by atoms with Crippen molar-refractivity contribution in [3.63, 3.8) is 0 Å². The minimum absolute atomic E-state index is 0.151. The van der Waals surface area contributed by atoms with Crippen LogP contribution < -0.4 is 5.32 Å². The highest BCUT2D eigenvalue weighted by atomic mass is 16.5. The van der Waals surface area contributed by atoms with Gasteiger partial charge in [0.25, 0.3) is 0 Å². The zero-order valence-corrected chi connectivity index (χ0v) is 11.0. The summed E-state index contributed by atoms with van der Waals surface area (Å²) in [6.45, 7) is 3.56. The molecule has 0 fully saturated rings. The van der Waals surface area contributed by atoms with Crippen LogP contribution in [0.5, 0.6) is 0 Å². The first-order chi connectivity index (χ1) is 8.60. The zero-order chi connectivity index (χ0) is 13.5. The monoisotopic (exact) mass is 249 g/mol. The largest absolute Gasteiger partial charge is 0.467 e. The van der Waals surface area contributed by atoms with E-state index in [1.807, 2.05) is 37.3 Å². The van der Waals surface area contributed by atoms with Gasteiger partial charge in [0.05, 0.1) is 13.0 Å². The highest BCUT2D eigenvalue weighted by Gasteiger charge is 2.22. The molecule has 0 aliphatic rings. The van der Waals surface area contributed by atoms with Gasteiger partial charge in [-0.15, -0.1) is 0 Å². The van der Waals surface area contributed by atoms with Crippen molar-refractivity contribution >= 4 is 11.9 Å². The number of amides is 1. The number of rotatable bonds is 5. The smallest absolute Gasteiger partial charge is 0.328 e. The van der Waals surface area contributed by atoms with Gasteiger partial charge in [-0.2, -0.15) is 0 Å². The third-order valence-corrected chi connectivity index (χ3v) is 2.84. The van der Waals surface area contributed by atoms with Crippen LogP contribution in [0.15, 0.2) is 30.3 Å². The summed E-state index contributed by atoms with van der Waals surface area (Å²) in [5, 5.41) is 2.67. The van der Waals surface area contributed by atoms with E-state index in [2.05, 4.69) is 10.1 Å². The minimum Gasteiger partial charge on any atom is -0.467 e. The third-order valence-electron chi connectivity index (χ3n) is 2.84. The maximum Gasteiger partial charge on any atom is 0.328 e. The molecule has 0 radical (unpaired) electrons.